The van der Waals surface area contributed by atoms with Crippen LogP contribution in [0.4, 0.5) is 0 Å². The molecule has 1 aliphatic rings. The van der Waals surface area contributed by atoms with E-state index in [1.54, 1.807) is 18.2 Å². The summed E-state index contributed by atoms with van der Waals surface area (Å²) >= 11 is 33.8. The van der Waals surface area contributed by atoms with Crippen LogP contribution in [0.15, 0.2) is 51.3 Å². The van der Waals surface area contributed by atoms with Gasteiger partial charge >= 0.3 is 0 Å². The average molecular weight is 637 g/mol. The summed E-state index contributed by atoms with van der Waals surface area (Å²) in [4.78, 5) is 0. The van der Waals surface area contributed by atoms with Gasteiger partial charge in [0.05, 0.1) is 0 Å². The Morgan fingerprint density at radius 3 is 1.66 bits per heavy atom. The highest BCUT2D eigenvalue weighted by molar-refractivity contribution is 6.66. The molecule has 4 aromatic rings. The zero-order valence-corrected chi connectivity index (χ0v) is 23.8. The van der Waals surface area contributed by atoms with Crippen molar-refractivity contribution < 1.29 is 18.3 Å². The summed E-state index contributed by atoms with van der Waals surface area (Å²) in [6.07, 6.45) is 6.90. The molecule has 0 N–H and O–H groups in total. The molecule has 0 bridgehead atoms. The van der Waals surface area contributed by atoms with Gasteiger partial charge in [0.1, 0.15) is 0 Å². The van der Waals surface area contributed by atoms with E-state index in [1.165, 1.54) is 5.56 Å². The number of ether oxygens (including phenoxy) is 2. The van der Waals surface area contributed by atoms with Crippen molar-refractivity contribution in [2.24, 2.45) is 0 Å². The van der Waals surface area contributed by atoms with Crippen molar-refractivity contribution in [3.8, 4) is 11.5 Å². The van der Waals surface area contributed by atoms with Crippen LogP contribution in [0, 0.1) is 6.92 Å². The number of alkyl halides is 6. The molecule has 0 aliphatic carbocycles. The molecule has 3 heterocycles. The Bertz CT molecular complexity index is 1440. The Kier molecular flexibility index (Phi) is 9.13. The smallest absolute Gasteiger partial charge is 0.268 e. The summed E-state index contributed by atoms with van der Waals surface area (Å²) < 4.78 is 17.5. The molecule has 2 aromatic carbocycles. The molecular formula is C24H16Cl6N4O4. The Morgan fingerprint density at radius 2 is 1.13 bits per heavy atom. The predicted octanol–water partition coefficient (Wildman–Crippen LogP) is 8.17. The quantitative estimate of drug-likeness (QED) is 0.207. The summed E-state index contributed by atoms with van der Waals surface area (Å²) in [5.74, 6) is 1.82. The minimum atomic E-state index is -1.72. The van der Waals surface area contributed by atoms with E-state index < -0.39 is 7.59 Å². The van der Waals surface area contributed by atoms with Gasteiger partial charge < -0.3 is 18.3 Å². The summed E-state index contributed by atoms with van der Waals surface area (Å²) in [7, 11) is 0. The van der Waals surface area contributed by atoms with Crippen LogP contribution < -0.4 is 9.47 Å². The van der Waals surface area contributed by atoms with Crippen molar-refractivity contribution >= 4 is 93.9 Å². The summed E-state index contributed by atoms with van der Waals surface area (Å²) in [6, 6.07) is 13.5. The van der Waals surface area contributed by atoms with Crippen LogP contribution in [0.3, 0.4) is 0 Å². The number of halogens is 6. The first kappa shape index (κ1) is 28.5. The molecule has 2 aromatic heterocycles. The first-order chi connectivity index (χ1) is 18.0. The fourth-order valence-corrected chi connectivity index (χ4v) is 3.32. The van der Waals surface area contributed by atoms with Gasteiger partial charge in [-0.15, -0.1) is 20.4 Å². The van der Waals surface area contributed by atoms with E-state index in [4.69, 9.17) is 87.9 Å². The minimum absolute atomic E-state index is 0.0453. The molecule has 14 heteroatoms. The van der Waals surface area contributed by atoms with Gasteiger partial charge in [0, 0.05) is 12.2 Å². The van der Waals surface area contributed by atoms with Gasteiger partial charge in [0.15, 0.2) is 11.5 Å². The molecule has 0 spiro atoms. The van der Waals surface area contributed by atoms with E-state index in [0.29, 0.717) is 5.75 Å². The summed E-state index contributed by atoms with van der Waals surface area (Å²) in [5, 5.41) is 14.8. The number of fused-ring (bicyclic) bond motifs is 1. The number of rotatable bonds is 4. The molecule has 0 amide bonds. The molecule has 0 saturated heterocycles. The van der Waals surface area contributed by atoms with Crippen molar-refractivity contribution in [1.29, 1.82) is 0 Å². The van der Waals surface area contributed by atoms with Gasteiger partial charge in [-0.2, -0.15) is 0 Å². The summed E-state index contributed by atoms with van der Waals surface area (Å²) in [6.45, 7) is 2.26. The van der Waals surface area contributed by atoms with E-state index in [-0.39, 0.29) is 30.4 Å². The second-order valence-electron chi connectivity index (χ2n) is 7.58. The third-order valence-corrected chi connectivity index (χ3v) is 5.65. The third kappa shape index (κ3) is 8.02. The Hall–Kier alpha value is -2.46. The molecule has 0 saturated carbocycles. The number of hydrogen-bond acceptors (Lipinski definition) is 8. The molecule has 0 radical (unpaired) electrons. The largest absolute Gasteiger partial charge is 0.454 e. The molecule has 1 aliphatic heterocycles. The summed E-state index contributed by atoms with van der Waals surface area (Å²) in [5.41, 5.74) is 3.11. The van der Waals surface area contributed by atoms with Crippen molar-refractivity contribution in [2.75, 3.05) is 6.79 Å². The van der Waals surface area contributed by atoms with Crippen LogP contribution in [0.2, 0.25) is 0 Å². The van der Waals surface area contributed by atoms with Crippen molar-refractivity contribution in [3.63, 3.8) is 0 Å². The Labute approximate surface area is 247 Å². The Balaban J connectivity index is 0.000000178. The van der Waals surface area contributed by atoms with Crippen molar-refractivity contribution in [3.05, 3.63) is 82.7 Å². The maximum Gasteiger partial charge on any atom is 0.268 e. The Morgan fingerprint density at radius 1 is 0.632 bits per heavy atom. The van der Waals surface area contributed by atoms with Crippen LogP contribution in [-0.2, 0) is 7.59 Å². The topological polar surface area (TPSA) is 96.3 Å². The van der Waals surface area contributed by atoms with Crippen molar-refractivity contribution in [1.82, 2.24) is 20.4 Å². The standard InChI is InChI=1S/C12H7Cl3N2O3.C12H9Cl3N2O/c13-12(14,15)11-17-16-10(20-11)4-2-7-1-3-8-9(5-7)19-6-18-8;1-8-2-4-9(5-3-8)6-7-10-16-17-11(18-10)12(13,14)15/h1-5H,6H2;2-7H,1H3/b4-2+;7-6+. The van der Waals surface area contributed by atoms with E-state index in [1.807, 2.05) is 55.5 Å². The number of hydrogen-bond donors (Lipinski definition) is 0. The lowest BCUT2D eigenvalue weighted by molar-refractivity contribution is 0.174. The molecule has 38 heavy (non-hydrogen) atoms. The van der Waals surface area contributed by atoms with Gasteiger partial charge in [-0.05, 0) is 42.3 Å². The van der Waals surface area contributed by atoms with E-state index in [2.05, 4.69) is 20.4 Å². The number of nitrogens with zero attached hydrogens (tertiary/aromatic N) is 4. The molecule has 5 rings (SSSR count). The van der Waals surface area contributed by atoms with Crippen LogP contribution in [0.25, 0.3) is 24.3 Å². The van der Waals surface area contributed by atoms with Gasteiger partial charge in [0.2, 0.25) is 18.6 Å². The fourth-order valence-electron chi connectivity index (χ4n) is 2.86. The molecule has 198 valence electrons. The van der Waals surface area contributed by atoms with Gasteiger partial charge in [-0.1, -0.05) is 106 Å². The van der Waals surface area contributed by atoms with Gasteiger partial charge in [0.25, 0.3) is 19.4 Å². The van der Waals surface area contributed by atoms with E-state index in [0.717, 1.165) is 16.9 Å². The predicted molar refractivity (Wildman–Crippen MR) is 149 cm³/mol. The second kappa shape index (κ2) is 12.2. The second-order valence-corrected chi connectivity index (χ2v) is 12.1. The average Bonchev–Trinajstić information content (AvgIpc) is 3.62. The number of aromatic nitrogens is 4. The SMILES string of the molecule is Cc1ccc(/C=C/c2nnc(C(Cl)(Cl)Cl)o2)cc1.ClC(Cl)(Cl)c1nnc(/C=C/c2ccc3c(c2)OCO3)o1. The molecule has 0 unspecified atom stereocenters. The van der Waals surface area contributed by atoms with Crippen LogP contribution >= 0.6 is 69.6 Å². The highest BCUT2D eigenvalue weighted by Gasteiger charge is 2.30. The van der Waals surface area contributed by atoms with Crippen molar-refractivity contribution in [2.45, 2.75) is 14.5 Å². The molecular weight excluding hydrogens is 621 g/mol. The third-order valence-electron chi connectivity index (χ3n) is 4.68. The van der Waals surface area contributed by atoms with E-state index >= 15 is 0 Å². The van der Waals surface area contributed by atoms with Crippen LogP contribution in [-0.4, -0.2) is 27.2 Å². The highest BCUT2D eigenvalue weighted by Crippen LogP contribution is 2.38. The van der Waals surface area contributed by atoms with E-state index in [9.17, 15) is 0 Å². The number of aryl methyl sites for hydroxylation is 1. The molecule has 8 nitrogen and oxygen atoms in total. The van der Waals surface area contributed by atoms with Crippen LogP contribution in [0.5, 0.6) is 11.5 Å². The lowest BCUT2D eigenvalue weighted by atomic mass is 10.1. The lowest BCUT2D eigenvalue weighted by Gasteiger charge is -2.01. The normalized spacial score (nSPS) is 13.2. The minimum Gasteiger partial charge on any atom is -0.454 e. The molecule has 0 fully saturated rings. The fraction of sp³-hybridized carbons (Fsp3) is 0.167. The molecule has 0 atom stereocenters. The van der Waals surface area contributed by atoms with Gasteiger partial charge in [-0.3, -0.25) is 0 Å². The highest BCUT2D eigenvalue weighted by atomic mass is 35.6. The van der Waals surface area contributed by atoms with Gasteiger partial charge in [-0.25, -0.2) is 0 Å². The van der Waals surface area contributed by atoms with Crippen LogP contribution in [0.1, 0.15) is 40.3 Å². The maximum absolute atomic E-state index is 5.63. The first-order valence-electron chi connectivity index (χ1n) is 10.6. The monoisotopic (exact) mass is 634 g/mol. The number of benzene rings is 2. The zero-order chi connectivity index (χ0) is 27.3. The maximum atomic E-state index is 5.63. The first-order valence-corrected chi connectivity index (χ1v) is 12.9. The zero-order valence-electron chi connectivity index (χ0n) is 19.2. The lowest BCUT2D eigenvalue weighted by Crippen LogP contribution is -1.99.